The lowest BCUT2D eigenvalue weighted by Crippen LogP contribution is -2.34. The van der Waals surface area contributed by atoms with Crippen molar-refractivity contribution in [3.63, 3.8) is 0 Å². The number of amides is 1. The number of hydrogen-bond donors (Lipinski definition) is 3. The largest absolute Gasteiger partial charge is 0.391 e. The minimum atomic E-state index is -0.384. The summed E-state index contributed by atoms with van der Waals surface area (Å²) in [4.78, 5) is 16.0. The average Bonchev–Trinajstić information content (AvgIpc) is 2.96. The van der Waals surface area contributed by atoms with Gasteiger partial charge in [0.25, 0.3) is 5.91 Å². The molecule has 0 radical (unpaired) electrons. The van der Waals surface area contributed by atoms with Gasteiger partial charge in [-0.05, 0) is 0 Å². The van der Waals surface area contributed by atoms with Crippen molar-refractivity contribution < 1.29 is 14.6 Å². The molecule has 2 unspecified atom stereocenters. The molecular formula is C11H17N3O3S. The van der Waals surface area contributed by atoms with Crippen LogP contribution in [0.2, 0.25) is 0 Å². The molecule has 1 aliphatic rings. The highest BCUT2D eigenvalue weighted by molar-refractivity contribution is 7.09. The number of β-amino-alcohol motifs (C(OH)–C–C–N with tert-alkyl or cyclic N) is 1. The van der Waals surface area contributed by atoms with E-state index in [0.717, 1.165) is 11.6 Å². The van der Waals surface area contributed by atoms with Gasteiger partial charge >= 0.3 is 0 Å². The Kier molecular flexibility index (Phi) is 4.65. The van der Waals surface area contributed by atoms with Gasteiger partial charge in [-0.15, -0.1) is 11.3 Å². The van der Waals surface area contributed by atoms with Gasteiger partial charge in [0, 0.05) is 38.0 Å². The van der Waals surface area contributed by atoms with Crippen LogP contribution in [0.1, 0.15) is 15.5 Å². The van der Waals surface area contributed by atoms with Crippen LogP contribution in [0.5, 0.6) is 0 Å². The summed E-state index contributed by atoms with van der Waals surface area (Å²) in [5.41, 5.74) is 0.410. The van der Waals surface area contributed by atoms with Crippen LogP contribution in [-0.4, -0.2) is 48.8 Å². The van der Waals surface area contributed by atoms with Crippen LogP contribution in [0.4, 0.5) is 0 Å². The standard InChI is InChI=1S/C11H17N3O3S/c1-17-5-10-14-8(6-18-10)11(16)13-3-7-2-12-4-9(7)15/h6-7,9,12,15H,2-5H2,1H3,(H,13,16). The third kappa shape index (κ3) is 3.26. The zero-order chi connectivity index (χ0) is 13.0. The Bertz CT molecular complexity index is 410. The van der Waals surface area contributed by atoms with Crippen molar-refractivity contribution in [3.05, 3.63) is 16.1 Å². The number of thiazole rings is 1. The molecule has 1 saturated heterocycles. The van der Waals surface area contributed by atoms with Gasteiger partial charge in [-0.2, -0.15) is 0 Å². The Morgan fingerprint density at radius 2 is 2.56 bits per heavy atom. The SMILES string of the molecule is COCc1nc(C(=O)NCC2CNCC2O)cs1. The van der Waals surface area contributed by atoms with E-state index < -0.39 is 0 Å². The molecule has 2 heterocycles. The van der Waals surface area contributed by atoms with E-state index in [4.69, 9.17) is 4.74 Å². The van der Waals surface area contributed by atoms with Crippen LogP contribution in [-0.2, 0) is 11.3 Å². The maximum absolute atomic E-state index is 11.8. The molecule has 6 nitrogen and oxygen atoms in total. The highest BCUT2D eigenvalue weighted by atomic mass is 32.1. The zero-order valence-corrected chi connectivity index (χ0v) is 11.0. The number of carbonyl (C=O) groups is 1. The van der Waals surface area contributed by atoms with E-state index in [1.54, 1.807) is 12.5 Å². The molecule has 1 amide bonds. The molecular weight excluding hydrogens is 254 g/mol. The summed E-state index contributed by atoms with van der Waals surface area (Å²) < 4.78 is 4.95. The number of aliphatic hydroxyl groups is 1. The molecule has 1 aromatic rings. The second-order valence-electron chi connectivity index (χ2n) is 4.26. The summed E-state index contributed by atoms with van der Waals surface area (Å²) in [6.07, 6.45) is -0.384. The number of aliphatic hydroxyl groups excluding tert-OH is 1. The van der Waals surface area contributed by atoms with Gasteiger partial charge in [0.05, 0.1) is 12.7 Å². The van der Waals surface area contributed by atoms with E-state index in [2.05, 4.69) is 15.6 Å². The topological polar surface area (TPSA) is 83.5 Å². The molecule has 18 heavy (non-hydrogen) atoms. The van der Waals surface area contributed by atoms with Crippen LogP contribution >= 0.6 is 11.3 Å². The number of nitrogens with one attached hydrogen (secondary N) is 2. The lowest BCUT2D eigenvalue weighted by molar-refractivity contribution is 0.0922. The molecule has 7 heteroatoms. The maximum Gasteiger partial charge on any atom is 0.270 e. The zero-order valence-electron chi connectivity index (χ0n) is 10.2. The van der Waals surface area contributed by atoms with Gasteiger partial charge in [-0.1, -0.05) is 0 Å². The molecule has 1 aromatic heterocycles. The molecule has 0 bridgehead atoms. The van der Waals surface area contributed by atoms with Gasteiger partial charge in [-0.25, -0.2) is 4.98 Å². The van der Waals surface area contributed by atoms with Gasteiger partial charge < -0.3 is 20.5 Å². The molecule has 0 aliphatic carbocycles. The number of aromatic nitrogens is 1. The number of nitrogens with zero attached hydrogens (tertiary/aromatic N) is 1. The lowest BCUT2D eigenvalue weighted by Gasteiger charge is -2.13. The summed E-state index contributed by atoms with van der Waals surface area (Å²) in [7, 11) is 1.59. The van der Waals surface area contributed by atoms with Crippen LogP contribution in [0.15, 0.2) is 5.38 Å². The van der Waals surface area contributed by atoms with Crippen molar-refractivity contribution in [3.8, 4) is 0 Å². The predicted molar refractivity (Wildman–Crippen MR) is 67.5 cm³/mol. The van der Waals surface area contributed by atoms with E-state index >= 15 is 0 Å². The second kappa shape index (κ2) is 6.24. The first-order valence-corrected chi connectivity index (χ1v) is 6.69. The highest BCUT2D eigenvalue weighted by Gasteiger charge is 2.25. The van der Waals surface area contributed by atoms with Crippen molar-refractivity contribution in [2.75, 3.05) is 26.7 Å². The van der Waals surface area contributed by atoms with E-state index in [1.807, 2.05) is 0 Å². The molecule has 2 rings (SSSR count). The van der Waals surface area contributed by atoms with Gasteiger partial charge in [0.1, 0.15) is 10.7 Å². The number of ether oxygens (including phenoxy) is 1. The molecule has 100 valence electrons. The van der Waals surface area contributed by atoms with E-state index in [9.17, 15) is 9.90 Å². The van der Waals surface area contributed by atoms with Gasteiger partial charge in [0.15, 0.2) is 0 Å². The van der Waals surface area contributed by atoms with Crippen molar-refractivity contribution in [2.24, 2.45) is 5.92 Å². The molecule has 1 aliphatic heterocycles. The van der Waals surface area contributed by atoms with Crippen molar-refractivity contribution in [1.82, 2.24) is 15.6 Å². The fourth-order valence-electron chi connectivity index (χ4n) is 1.85. The first-order valence-electron chi connectivity index (χ1n) is 5.81. The molecule has 1 fully saturated rings. The van der Waals surface area contributed by atoms with Crippen LogP contribution in [0.3, 0.4) is 0 Å². The molecule has 0 aromatic carbocycles. The van der Waals surface area contributed by atoms with E-state index in [-0.39, 0.29) is 17.9 Å². The monoisotopic (exact) mass is 271 g/mol. The predicted octanol–water partition coefficient (Wildman–Crippen LogP) is -0.400. The molecule has 0 saturated carbocycles. The number of hydrogen-bond acceptors (Lipinski definition) is 6. The minimum absolute atomic E-state index is 0.0750. The van der Waals surface area contributed by atoms with Gasteiger partial charge in [-0.3, -0.25) is 4.79 Å². The first kappa shape index (κ1) is 13.4. The van der Waals surface area contributed by atoms with E-state index in [1.165, 1.54) is 11.3 Å². The Labute approximate surface area is 109 Å². The van der Waals surface area contributed by atoms with E-state index in [0.29, 0.717) is 25.4 Å². The second-order valence-corrected chi connectivity index (χ2v) is 5.20. The Morgan fingerprint density at radius 3 is 3.22 bits per heavy atom. The fourth-order valence-corrected chi connectivity index (χ4v) is 2.59. The Hall–Kier alpha value is -1.02. The normalized spacial score (nSPS) is 23.2. The highest BCUT2D eigenvalue weighted by Crippen LogP contribution is 2.11. The maximum atomic E-state index is 11.8. The van der Waals surface area contributed by atoms with Crippen molar-refractivity contribution in [2.45, 2.75) is 12.7 Å². The van der Waals surface area contributed by atoms with Crippen molar-refractivity contribution >= 4 is 17.2 Å². The quantitative estimate of drug-likeness (QED) is 0.679. The lowest BCUT2D eigenvalue weighted by atomic mass is 10.1. The van der Waals surface area contributed by atoms with Crippen molar-refractivity contribution in [1.29, 1.82) is 0 Å². The van der Waals surface area contributed by atoms with Crippen LogP contribution in [0.25, 0.3) is 0 Å². The third-order valence-electron chi connectivity index (χ3n) is 2.88. The summed E-state index contributed by atoms with van der Waals surface area (Å²) in [5, 5.41) is 18.0. The number of methoxy groups -OCH3 is 1. The van der Waals surface area contributed by atoms with Gasteiger partial charge in [0.2, 0.25) is 0 Å². The minimum Gasteiger partial charge on any atom is -0.391 e. The van der Waals surface area contributed by atoms with Crippen LogP contribution < -0.4 is 10.6 Å². The summed E-state index contributed by atoms with van der Waals surface area (Å²) in [5.74, 6) is -0.126. The van der Waals surface area contributed by atoms with Crippen LogP contribution in [0, 0.1) is 5.92 Å². The number of rotatable bonds is 5. The average molecular weight is 271 g/mol. The summed E-state index contributed by atoms with van der Waals surface area (Å²) in [6.45, 7) is 2.20. The Morgan fingerprint density at radius 1 is 1.72 bits per heavy atom. The molecule has 3 N–H and O–H groups in total. The summed E-state index contributed by atoms with van der Waals surface area (Å²) in [6, 6.07) is 0. The third-order valence-corrected chi connectivity index (χ3v) is 3.70. The number of carbonyl (C=O) groups excluding carboxylic acids is 1. The molecule has 0 spiro atoms. The fraction of sp³-hybridized carbons (Fsp3) is 0.636. The first-order chi connectivity index (χ1) is 8.70. The smallest absolute Gasteiger partial charge is 0.270 e. The summed E-state index contributed by atoms with van der Waals surface area (Å²) >= 11 is 1.40. The Balaban J connectivity index is 1.83. The molecule has 2 atom stereocenters.